The van der Waals surface area contributed by atoms with Gasteiger partial charge in [0.25, 0.3) is 5.56 Å². The second-order valence-electron chi connectivity index (χ2n) is 5.30. The number of aromatic carboxylic acids is 1. The van der Waals surface area contributed by atoms with Gasteiger partial charge in [-0.2, -0.15) is 0 Å². The lowest BCUT2D eigenvalue weighted by atomic mass is 10.2. The Balaban J connectivity index is 1.92. The van der Waals surface area contributed by atoms with Crippen LogP contribution in [0.25, 0.3) is 5.69 Å². The van der Waals surface area contributed by atoms with Gasteiger partial charge in [-0.25, -0.2) is 9.48 Å². The van der Waals surface area contributed by atoms with Crippen LogP contribution in [0.2, 0.25) is 5.02 Å². The maximum atomic E-state index is 12.6. The molecule has 0 amide bonds. The third-order valence-electron chi connectivity index (χ3n) is 3.64. The summed E-state index contributed by atoms with van der Waals surface area (Å²) >= 11 is 6.14. The summed E-state index contributed by atoms with van der Waals surface area (Å²) in [5, 5.41) is 12.6. The lowest BCUT2D eigenvalue weighted by molar-refractivity contribution is 0.0698. The first-order valence-electron chi connectivity index (χ1n) is 7.40. The van der Waals surface area contributed by atoms with Crippen LogP contribution in [0.3, 0.4) is 0 Å². The Hall–Kier alpha value is -3.19. The molecule has 0 radical (unpaired) electrons. The van der Waals surface area contributed by atoms with Crippen LogP contribution in [-0.4, -0.2) is 20.9 Å². The summed E-state index contributed by atoms with van der Waals surface area (Å²) in [7, 11) is 0. The van der Waals surface area contributed by atoms with E-state index in [0.29, 0.717) is 22.1 Å². The summed E-state index contributed by atoms with van der Waals surface area (Å²) in [6.45, 7) is 1.72. The van der Waals surface area contributed by atoms with E-state index in [4.69, 9.17) is 11.6 Å². The molecule has 25 heavy (non-hydrogen) atoms. The highest BCUT2D eigenvalue weighted by atomic mass is 35.5. The number of hydrazine groups is 1. The van der Waals surface area contributed by atoms with Crippen molar-refractivity contribution in [1.82, 2.24) is 9.78 Å². The van der Waals surface area contributed by atoms with Crippen LogP contribution in [0.4, 0.5) is 11.4 Å². The highest BCUT2D eigenvalue weighted by molar-refractivity contribution is 6.32. The number of rotatable bonds is 5. The maximum Gasteiger partial charge on any atom is 0.337 e. The summed E-state index contributed by atoms with van der Waals surface area (Å²) < 4.78 is 1.32. The van der Waals surface area contributed by atoms with Crippen molar-refractivity contribution in [3.05, 3.63) is 75.2 Å². The van der Waals surface area contributed by atoms with Crippen molar-refractivity contribution >= 4 is 28.9 Å². The third-order valence-corrected chi connectivity index (χ3v) is 3.96. The number of hydrogen-bond acceptors (Lipinski definition) is 4. The summed E-state index contributed by atoms with van der Waals surface area (Å²) in [6, 6.07) is 13.4. The van der Waals surface area contributed by atoms with Crippen molar-refractivity contribution in [2.45, 2.75) is 6.92 Å². The van der Waals surface area contributed by atoms with Gasteiger partial charge in [0, 0.05) is 0 Å². The minimum Gasteiger partial charge on any atom is -0.478 e. The standard InChI is InChI=1S/C17H15ClN4O3/c1-10-15(20-19-13-8-4-2-6-11(13)17(24)25)16(23)22(21-10)14-9-5-3-7-12(14)18/h2-9,19-21H,1H3,(H,24,25). The molecule has 0 saturated carbocycles. The number of nitrogens with one attached hydrogen (secondary N) is 3. The van der Waals surface area contributed by atoms with Crippen molar-refractivity contribution in [3.8, 4) is 5.69 Å². The lowest BCUT2D eigenvalue weighted by Gasteiger charge is -2.10. The van der Waals surface area contributed by atoms with Crippen molar-refractivity contribution < 1.29 is 9.90 Å². The summed E-state index contributed by atoms with van der Waals surface area (Å²) in [5.41, 5.74) is 7.02. The molecule has 1 heterocycles. The van der Waals surface area contributed by atoms with Gasteiger partial charge in [0.2, 0.25) is 0 Å². The number of H-pyrrole nitrogens is 1. The monoisotopic (exact) mass is 358 g/mol. The molecule has 4 N–H and O–H groups in total. The van der Waals surface area contributed by atoms with Crippen molar-refractivity contribution in [2.24, 2.45) is 0 Å². The van der Waals surface area contributed by atoms with Gasteiger partial charge in [0.15, 0.2) is 0 Å². The molecule has 0 bridgehead atoms. The molecule has 1 aromatic heterocycles. The zero-order chi connectivity index (χ0) is 18.0. The Bertz CT molecular complexity index is 994. The first-order chi connectivity index (χ1) is 12.0. The fourth-order valence-electron chi connectivity index (χ4n) is 2.40. The number of halogens is 1. The molecule has 0 aliphatic carbocycles. The zero-order valence-electron chi connectivity index (χ0n) is 13.2. The van der Waals surface area contributed by atoms with E-state index in [0.717, 1.165) is 0 Å². The maximum absolute atomic E-state index is 12.6. The Kier molecular flexibility index (Phi) is 4.49. The second-order valence-corrected chi connectivity index (χ2v) is 5.71. The van der Waals surface area contributed by atoms with E-state index in [9.17, 15) is 14.7 Å². The number of carboxylic acids is 1. The smallest absolute Gasteiger partial charge is 0.337 e. The van der Waals surface area contributed by atoms with Crippen LogP contribution in [0.5, 0.6) is 0 Å². The van der Waals surface area contributed by atoms with Crippen LogP contribution >= 0.6 is 11.6 Å². The summed E-state index contributed by atoms with van der Waals surface area (Å²) in [6.07, 6.45) is 0. The van der Waals surface area contributed by atoms with Crippen LogP contribution < -0.4 is 16.4 Å². The normalized spacial score (nSPS) is 10.5. The molecular weight excluding hydrogens is 344 g/mol. The molecule has 7 nitrogen and oxygen atoms in total. The average molecular weight is 359 g/mol. The minimum atomic E-state index is -1.07. The molecule has 0 fully saturated rings. The quantitative estimate of drug-likeness (QED) is 0.525. The molecule has 0 spiro atoms. The fraction of sp³-hybridized carbons (Fsp3) is 0.0588. The molecule has 3 aromatic rings. The number of nitrogens with zero attached hydrogens (tertiary/aromatic N) is 1. The van der Waals surface area contributed by atoms with E-state index in [-0.39, 0.29) is 16.8 Å². The summed E-state index contributed by atoms with van der Waals surface area (Å²) in [4.78, 5) is 23.9. The highest BCUT2D eigenvalue weighted by Crippen LogP contribution is 2.20. The number of benzene rings is 2. The second kappa shape index (κ2) is 6.74. The van der Waals surface area contributed by atoms with Crippen LogP contribution in [0.15, 0.2) is 53.3 Å². The zero-order valence-corrected chi connectivity index (χ0v) is 14.0. The minimum absolute atomic E-state index is 0.0922. The number of anilines is 2. The Morgan fingerprint density at radius 2 is 1.80 bits per heavy atom. The summed E-state index contributed by atoms with van der Waals surface area (Å²) in [5.74, 6) is -1.07. The predicted molar refractivity (Wildman–Crippen MR) is 96.8 cm³/mol. The van der Waals surface area contributed by atoms with Gasteiger partial charge in [-0.3, -0.25) is 20.7 Å². The van der Waals surface area contributed by atoms with E-state index >= 15 is 0 Å². The largest absolute Gasteiger partial charge is 0.478 e. The van der Waals surface area contributed by atoms with Gasteiger partial charge in [-0.1, -0.05) is 35.9 Å². The molecular formula is C17H15ClN4O3. The Morgan fingerprint density at radius 3 is 2.52 bits per heavy atom. The average Bonchev–Trinajstić information content (AvgIpc) is 2.88. The van der Waals surface area contributed by atoms with Crippen LogP contribution in [0.1, 0.15) is 16.1 Å². The number of carboxylic acid groups (broad SMARTS) is 1. The third kappa shape index (κ3) is 3.22. The molecule has 128 valence electrons. The van der Waals surface area contributed by atoms with Crippen molar-refractivity contribution in [2.75, 3.05) is 10.9 Å². The van der Waals surface area contributed by atoms with Gasteiger partial charge < -0.3 is 5.11 Å². The number of aryl methyl sites for hydroxylation is 1. The van der Waals surface area contributed by atoms with Gasteiger partial charge in [0.05, 0.1) is 27.7 Å². The molecule has 0 unspecified atom stereocenters. The number of hydrogen-bond donors (Lipinski definition) is 4. The molecule has 3 rings (SSSR count). The van der Waals surface area contributed by atoms with E-state index in [2.05, 4.69) is 16.0 Å². The van der Waals surface area contributed by atoms with Gasteiger partial charge in [0.1, 0.15) is 5.69 Å². The predicted octanol–water partition coefficient (Wildman–Crippen LogP) is 3.26. The molecule has 2 aromatic carbocycles. The lowest BCUT2D eigenvalue weighted by Crippen LogP contribution is -2.21. The number of carbonyl (C=O) groups is 1. The number of para-hydroxylation sites is 2. The highest BCUT2D eigenvalue weighted by Gasteiger charge is 2.15. The first kappa shape index (κ1) is 16.7. The molecule has 0 aliphatic heterocycles. The van der Waals surface area contributed by atoms with E-state index in [1.165, 1.54) is 10.7 Å². The van der Waals surface area contributed by atoms with Gasteiger partial charge in [-0.05, 0) is 31.2 Å². The van der Waals surface area contributed by atoms with Crippen molar-refractivity contribution in [3.63, 3.8) is 0 Å². The topological polar surface area (TPSA) is 99.2 Å². The van der Waals surface area contributed by atoms with E-state index in [1.807, 2.05) is 0 Å². The van der Waals surface area contributed by atoms with Gasteiger partial charge >= 0.3 is 5.97 Å². The fourth-order valence-corrected chi connectivity index (χ4v) is 2.63. The molecule has 0 saturated heterocycles. The molecule has 8 heteroatoms. The van der Waals surface area contributed by atoms with E-state index < -0.39 is 5.97 Å². The SMILES string of the molecule is Cc1[nH]n(-c2ccccc2Cl)c(=O)c1NNc1ccccc1C(=O)O. The molecule has 0 atom stereocenters. The number of aromatic amines is 1. The number of aromatic nitrogens is 2. The van der Waals surface area contributed by atoms with E-state index in [1.54, 1.807) is 49.4 Å². The van der Waals surface area contributed by atoms with Crippen LogP contribution in [0, 0.1) is 6.92 Å². The van der Waals surface area contributed by atoms with Crippen LogP contribution in [-0.2, 0) is 0 Å². The Labute approximate surface area is 147 Å². The Morgan fingerprint density at radius 1 is 1.12 bits per heavy atom. The molecule has 0 aliphatic rings. The first-order valence-corrected chi connectivity index (χ1v) is 7.77. The van der Waals surface area contributed by atoms with Gasteiger partial charge in [-0.15, -0.1) is 0 Å². The van der Waals surface area contributed by atoms with Crippen molar-refractivity contribution in [1.29, 1.82) is 0 Å².